The van der Waals surface area contributed by atoms with E-state index in [2.05, 4.69) is 9.97 Å². The van der Waals surface area contributed by atoms with Crippen LogP contribution in [0.5, 0.6) is 0 Å². The third-order valence-corrected chi connectivity index (χ3v) is 2.65. The SMILES string of the molecule is Cc1ncc(-c2cncc(Cl)c2)cc1Cl. The lowest BCUT2D eigenvalue weighted by atomic mass is 10.1. The molecule has 4 heteroatoms. The normalized spacial score (nSPS) is 10.3. The lowest BCUT2D eigenvalue weighted by Crippen LogP contribution is -1.86. The molecular weight excluding hydrogens is 231 g/mol. The summed E-state index contributed by atoms with van der Waals surface area (Å²) in [5.74, 6) is 0. The zero-order valence-electron chi connectivity index (χ0n) is 8.04. The number of hydrogen-bond donors (Lipinski definition) is 0. The standard InChI is InChI=1S/C11H8Cl2N2/c1-7-11(13)3-9(5-15-7)8-2-10(12)6-14-4-8/h2-6H,1H3. The Labute approximate surface area is 97.9 Å². The molecule has 0 spiro atoms. The number of aromatic nitrogens is 2. The summed E-state index contributed by atoms with van der Waals surface area (Å²) in [6.45, 7) is 1.86. The van der Waals surface area contributed by atoms with Gasteiger partial charge < -0.3 is 0 Å². The highest BCUT2D eigenvalue weighted by molar-refractivity contribution is 6.31. The Morgan fingerprint density at radius 3 is 2.40 bits per heavy atom. The van der Waals surface area contributed by atoms with E-state index >= 15 is 0 Å². The van der Waals surface area contributed by atoms with Crippen LogP contribution < -0.4 is 0 Å². The molecule has 0 amide bonds. The van der Waals surface area contributed by atoms with Crippen LogP contribution >= 0.6 is 23.2 Å². The molecule has 0 radical (unpaired) electrons. The van der Waals surface area contributed by atoms with Gasteiger partial charge in [-0.05, 0) is 19.1 Å². The molecule has 0 aliphatic carbocycles. The molecule has 0 atom stereocenters. The fourth-order valence-electron chi connectivity index (χ4n) is 1.23. The summed E-state index contributed by atoms with van der Waals surface area (Å²) >= 11 is 11.8. The van der Waals surface area contributed by atoms with Gasteiger partial charge in [-0.3, -0.25) is 9.97 Å². The van der Waals surface area contributed by atoms with E-state index in [0.717, 1.165) is 16.8 Å². The Bertz CT molecular complexity index is 498. The van der Waals surface area contributed by atoms with Crippen molar-refractivity contribution < 1.29 is 0 Å². The summed E-state index contributed by atoms with van der Waals surface area (Å²) in [5.41, 5.74) is 2.65. The highest BCUT2D eigenvalue weighted by Crippen LogP contribution is 2.24. The van der Waals surface area contributed by atoms with Crippen molar-refractivity contribution in [2.45, 2.75) is 6.92 Å². The summed E-state index contributed by atoms with van der Waals surface area (Å²) in [4.78, 5) is 8.19. The predicted molar refractivity (Wildman–Crippen MR) is 62.2 cm³/mol. The van der Waals surface area contributed by atoms with Crippen LogP contribution in [0.3, 0.4) is 0 Å². The van der Waals surface area contributed by atoms with Gasteiger partial charge in [0.2, 0.25) is 0 Å². The molecule has 0 aliphatic heterocycles. The lowest BCUT2D eigenvalue weighted by Gasteiger charge is -2.03. The van der Waals surface area contributed by atoms with Crippen molar-refractivity contribution in [3.8, 4) is 11.1 Å². The topological polar surface area (TPSA) is 25.8 Å². The molecule has 2 aromatic heterocycles. The second-order valence-electron chi connectivity index (χ2n) is 3.18. The number of halogens is 2. The first-order valence-electron chi connectivity index (χ1n) is 4.40. The van der Waals surface area contributed by atoms with Crippen molar-refractivity contribution >= 4 is 23.2 Å². The number of hydrogen-bond acceptors (Lipinski definition) is 2. The third kappa shape index (κ3) is 2.28. The summed E-state index contributed by atoms with van der Waals surface area (Å²) < 4.78 is 0. The van der Waals surface area contributed by atoms with Crippen LogP contribution in [0.4, 0.5) is 0 Å². The molecule has 76 valence electrons. The lowest BCUT2D eigenvalue weighted by molar-refractivity contribution is 1.20. The molecule has 0 fully saturated rings. The van der Waals surface area contributed by atoms with Gasteiger partial charge in [0, 0.05) is 29.7 Å². The Kier molecular flexibility index (Phi) is 2.89. The van der Waals surface area contributed by atoms with Gasteiger partial charge in [-0.1, -0.05) is 23.2 Å². The van der Waals surface area contributed by atoms with E-state index in [9.17, 15) is 0 Å². The van der Waals surface area contributed by atoms with Crippen LogP contribution in [0, 0.1) is 6.92 Å². The maximum Gasteiger partial charge on any atom is 0.0624 e. The van der Waals surface area contributed by atoms with Crippen molar-refractivity contribution in [1.29, 1.82) is 0 Å². The minimum absolute atomic E-state index is 0.601. The highest BCUT2D eigenvalue weighted by atomic mass is 35.5. The van der Waals surface area contributed by atoms with Crippen LogP contribution in [0.25, 0.3) is 11.1 Å². The van der Waals surface area contributed by atoms with Gasteiger partial charge in [-0.2, -0.15) is 0 Å². The first kappa shape index (κ1) is 10.4. The maximum atomic E-state index is 5.99. The first-order valence-corrected chi connectivity index (χ1v) is 5.15. The second-order valence-corrected chi connectivity index (χ2v) is 4.03. The van der Waals surface area contributed by atoms with Crippen molar-refractivity contribution in [2.75, 3.05) is 0 Å². The average Bonchev–Trinajstić information content (AvgIpc) is 2.22. The smallest absolute Gasteiger partial charge is 0.0624 e. The quantitative estimate of drug-likeness (QED) is 0.757. The molecule has 0 aliphatic rings. The Hall–Kier alpha value is -1.12. The van der Waals surface area contributed by atoms with Crippen molar-refractivity contribution in [3.63, 3.8) is 0 Å². The van der Waals surface area contributed by atoms with E-state index in [-0.39, 0.29) is 0 Å². The Morgan fingerprint density at radius 2 is 1.73 bits per heavy atom. The Morgan fingerprint density at radius 1 is 1.00 bits per heavy atom. The van der Waals surface area contributed by atoms with Crippen molar-refractivity contribution in [3.05, 3.63) is 46.5 Å². The van der Waals surface area contributed by atoms with Crippen LogP contribution in [-0.4, -0.2) is 9.97 Å². The largest absolute Gasteiger partial charge is 0.263 e. The van der Waals surface area contributed by atoms with Gasteiger partial charge in [-0.15, -0.1) is 0 Å². The molecule has 15 heavy (non-hydrogen) atoms. The van der Waals surface area contributed by atoms with Crippen LogP contribution in [0.1, 0.15) is 5.69 Å². The highest BCUT2D eigenvalue weighted by Gasteiger charge is 2.02. The van der Waals surface area contributed by atoms with E-state index in [1.165, 1.54) is 0 Å². The van der Waals surface area contributed by atoms with Gasteiger partial charge in [0.1, 0.15) is 0 Å². The molecule has 0 N–H and O–H groups in total. The molecule has 2 aromatic rings. The molecule has 0 saturated carbocycles. The van der Waals surface area contributed by atoms with E-state index in [0.29, 0.717) is 10.0 Å². The molecule has 0 aromatic carbocycles. The fourth-order valence-corrected chi connectivity index (χ4v) is 1.57. The Balaban J connectivity index is 2.50. The monoisotopic (exact) mass is 238 g/mol. The molecule has 2 heterocycles. The molecule has 0 saturated heterocycles. The number of nitrogens with zero attached hydrogens (tertiary/aromatic N) is 2. The number of rotatable bonds is 1. The molecule has 0 bridgehead atoms. The zero-order valence-corrected chi connectivity index (χ0v) is 9.55. The van der Waals surface area contributed by atoms with Crippen molar-refractivity contribution in [1.82, 2.24) is 9.97 Å². The summed E-state index contributed by atoms with van der Waals surface area (Å²) in [5, 5.41) is 1.25. The predicted octanol–water partition coefficient (Wildman–Crippen LogP) is 3.76. The summed E-state index contributed by atoms with van der Waals surface area (Å²) in [6, 6.07) is 3.69. The molecule has 2 rings (SSSR count). The van der Waals surface area contributed by atoms with Crippen molar-refractivity contribution in [2.24, 2.45) is 0 Å². The number of pyridine rings is 2. The van der Waals surface area contributed by atoms with Crippen LogP contribution in [0.2, 0.25) is 10.0 Å². The zero-order chi connectivity index (χ0) is 10.8. The van der Waals surface area contributed by atoms with Gasteiger partial charge in [0.15, 0.2) is 0 Å². The van der Waals surface area contributed by atoms with E-state index in [4.69, 9.17) is 23.2 Å². The van der Waals surface area contributed by atoms with E-state index in [1.54, 1.807) is 18.6 Å². The third-order valence-electron chi connectivity index (χ3n) is 2.06. The summed E-state index contributed by atoms with van der Waals surface area (Å²) in [6.07, 6.45) is 5.08. The molecule has 2 nitrogen and oxygen atoms in total. The van der Waals surface area contributed by atoms with E-state index < -0.39 is 0 Å². The minimum atomic E-state index is 0.601. The van der Waals surface area contributed by atoms with Gasteiger partial charge >= 0.3 is 0 Å². The minimum Gasteiger partial charge on any atom is -0.263 e. The number of aryl methyl sites for hydroxylation is 1. The van der Waals surface area contributed by atoms with E-state index in [1.807, 2.05) is 19.1 Å². The maximum absolute atomic E-state index is 5.99. The average molecular weight is 239 g/mol. The second kappa shape index (κ2) is 4.17. The molecular formula is C11H8Cl2N2. The van der Waals surface area contributed by atoms with Gasteiger partial charge in [0.25, 0.3) is 0 Å². The van der Waals surface area contributed by atoms with Crippen LogP contribution in [0.15, 0.2) is 30.7 Å². The van der Waals surface area contributed by atoms with Crippen LogP contribution in [-0.2, 0) is 0 Å². The first-order chi connectivity index (χ1) is 7.16. The fraction of sp³-hybridized carbons (Fsp3) is 0.0909. The molecule has 0 unspecified atom stereocenters. The summed E-state index contributed by atoms with van der Waals surface area (Å²) in [7, 11) is 0. The van der Waals surface area contributed by atoms with Gasteiger partial charge in [0.05, 0.1) is 15.7 Å². The van der Waals surface area contributed by atoms with Gasteiger partial charge in [-0.25, -0.2) is 0 Å².